The Hall–Kier alpha value is -1.97. The largest absolute Gasteiger partial charge is 0.493 e. The minimum Gasteiger partial charge on any atom is -0.493 e. The van der Waals surface area contributed by atoms with E-state index in [1.807, 2.05) is 32.9 Å². The SMILES string of the molecule is CC.COc1cc2nccc(C)c2c(OC)c1OC. The van der Waals surface area contributed by atoms with Gasteiger partial charge in [-0.2, -0.15) is 0 Å². The van der Waals surface area contributed by atoms with Gasteiger partial charge in [-0.15, -0.1) is 0 Å². The number of benzene rings is 1. The van der Waals surface area contributed by atoms with Crippen LogP contribution in [0.15, 0.2) is 18.3 Å². The molecule has 1 aromatic heterocycles. The number of aryl methyl sites for hydroxylation is 1. The normalized spacial score (nSPS) is 9.58. The van der Waals surface area contributed by atoms with E-state index in [-0.39, 0.29) is 0 Å². The van der Waals surface area contributed by atoms with Gasteiger partial charge in [0.2, 0.25) is 5.75 Å². The van der Waals surface area contributed by atoms with E-state index >= 15 is 0 Å². The lowest BCUT2D eigenvalue weighted by molar-refractivity contribution is 0.327. The van der Waals surface area contributed by atoms with Crippen LogP contribution in [0.2, 0.25) is 0 Å². The smallest absolute Gasteiger partial charge is 0.204 e. The molecule has 1 heterocycles. The first kappa shape index (κ1) is 15.1. The molecule has 0 bridgehead atoms. The third-order valence-corrected chi connectivity index (χ3v) is 2.74. The van der Waals surface area contributed by atoms with Crippen molar-refractivity contribution in [3.05, 3.63) is 23.9 Å². The van der Waals surface area contributed by atoms with E-state index in [9.17, 15) is 0 Å². The molecule has 1 aromatic carbocycles. The maximum atomic E-state index is 5.43. The molecule has 0 aliphatic heterocycles. The summed E-state index contributed by atoms with van der Waals surface area (Å²) in [5, 5.41) is 0.952. The lowest BCUT2D eigenvalue weighted by Crippen LogP contribution is -1.97. The molecular weight excluding hydrogens is 242 g/mol. The standard InChI is InChI=1S/C13H15NO3.C2H6/c1-8-5-6-14-9-7-10(15-2)12(16-3)13(17-4)11(8)9;1-2/h5-7H,1-4H3;1-2H3. The monoisotopic (exact) mass is 263 g/mol. The molecule has 0 saturated heterocycles. The van der Waals surface area contributed by atoms with Gasteiger partial charge in [0, 0.05) is 17.6 Å². The summed E-state index contributed by atoms with van der Waals surface area (Å²) in [6.45, 7) is 6.01. The Morgan fingerprint density at radius 2 is 1.58 bits per heavy atom. The number of aromatic nitrogens is 1. The van der Waals surface area contributed by atoms with Crippen molar-refractivity contribution in [2.75, 3.05) is 21.3 Å². The molecule has 0 radical (unpaired) electrons. The molecule has 19 heavy (non-hydrogen) atoms. The Morgan fingerprint density at radius 1 is 0.947 bits per heavy atom. The van der Waals surface area contributed by atoms with Crippen molar-refractivity contribution in [2.24, 2.45) is 0 Å². The molecule has 0 saturated carbocycles. The first-order valence-electron chi connectivity index (χ1n) is 6.27. The number of ether oxygens (including phenoxy) is 3. The van der Waals surface area contributed by atoms with Gasteiger partial charge in [-0.1, -0.05) is 13.8 Å². The highest BCUT2D eigenvalue weighted by molar-refractivity contribution is 5.92. The third-order valence-electron chi connectivity index (χ3n) is 2.74. The van der Waals surface area contributed by atoms with Crippen molar-refractivity contribution >= 4 is 10.9 Å². The van der Waals surface area contributed by atoms with Crippen molar-refractivity contribution < 1.29 is 14.2 Å². The Kier molecular flexibility index (Phi) is 5.42. The zero-order valence-electron chi connectivity index (χ0n) is 12.4. The summed E-state index contributed by atoms with van der Waals surface area (Å²) in [5.74, 6) is 1.88. The Morgan fingerprint density at radius 3 is 2.11 bits per heavy atom. The van der Waals surface area contributed by atoms with Crippen LogP contribution in [0.4, 0.5) is 0 Å². The van der Waals surface area contributed by atoms with Crippen molar-refractivity contribution in [3.8, 4) is 17.2 Å². The summed E-state index contributed by atoms with van der Waals surface area (Å²) in [5.41, 5.74) is 1.92. The molecule has 0 atom stereocenters. The number of methoxy groups -OCH3 is 3. The van der Waals surface area contributed by atoms with Gasteiger partial charge in [0.15, 0.2) is 11.5 Å². The van der Waals surface area contributed by atoms with Gasteiger partial charge >= 0.3 is 0 Å². The first-order valence-corrected chi connectivity index (χ1v) is 6.27. The topological polar surface area (TPSA) is 40.6 Å². The number of rotatable bonds is 3. The fourth-order valence-corrected chi connectivity index (χ4v) is 1.94. The molecule has 104 valence electrons. The maximum absolute atomic E-state index is 5.43. The van der Waals surface area contributed by atoms with Gasteiger partial charge < -0.3 is 14.2 Å². The second-order valence-corrected chi connectivity index (χ2v) is 3.67. The Balaban J connectivity index is 0.000000861. The van der Waals surface area contributed by atoms with E-state index in [1.165, 1.54) is 0 Å². The van der Waals surface area contributed by atoms with E-state index in [2.05, 4.69) is 4.98 Å². The fourth-order valence-electron chi connectivity index (χ4n) is 1.94. The number of pyridine rings is 1. The van der Waals surface area contributed by atoms with Crippen LogP contribution in [-0.2, 0) is 0 Å². The number of hydrogen-bond donors (Lipinski definition) is 0. The molecule has 2 rings (SSSR count). The average molecular weight is 263 g/mol. The van der Waals surface area contributed by atoms with E-state index in [1.54, 1.807) is 27.5 Å². The summed E-state index contributed by atoms with van der Waals surface area (Å²) in [6.07, 6.45) is 1.77. The van der Waals surface area contributed by atoms with Gasteiger partial charge in [0.05, 0.1) is 26.8 Å². The quantitative estimate of drug-likeness (QED) is 0.848. The molecule has 0 aliphatic rings. The second kappa shape index (κ2) is 6.83. The van der Waals surface area contributed by atoms with Crippen LogP contribution in [0, 0.1) is 6.92 Å². The van der Waals surface area contributed by atoms with Crippen LogP contribution < -0.4 is 14.2 Å². The summed E-state index contributed by atoms with van der Waals surface area (Å²) in [4.78, 5) is 4.32. The van der Waals surface area contributed by atoms with Crippen LogP contribution in [0.25, 0.3) is 10.9 Å². The molecule has 4 nitrogen and oxygen atoms in total. The van der Waals surface area contributed by atoms with E-state index in [0.29, 0.717) is 17.2 Å². The van der Waals surface area contributed by atoms with Gasteiger partial charge in [-0.3, -0.25) is 4.98 Å². The minimum atomic E-state index is 0.596. The summed E-state index contributed by atoms with van der Waals surface area (Å²) >= 11 is 0. The van der Waals surface area contributed by atoms with Gasteiger partial charge in [-0.25, -0.2) is 0 Å². The van der Waals surface area contributed by atoms with Gasteiger partial charge in [0.1, 0.15) is 0 Å². The highest BCUT2D eigenvalue weighted by Crippen LogP contribution is 2.43. The highest BCUT2D eigenvalue weighted by Gasteiger charge is 2.17. The predicted octanol–water partition coefficient (Wildman–Crippen LogP) is 3.60. The average Bonchev–Trinajstić information content (AvgIpc) is 2.47. The van der Waals surface area contributed by atoms with Crippen LogP contribution in [-0.4, -0.2) is 26.3 Å². The zero-order valence-corrected chi connectivity index (χ0v) is 12.4. The predicted molar refractivity (Wildman–Crippen MR) is 77.5 cm³/mol. The molecule has 0 fully saturated rings. The molecule has 0 spiro atoms. The fraction of sp³-hybridized carbons (Fsp3) is 0.400. The minimum absolute atomic E-state index is 0.596. The number of nitrogens with zero attached hydrogens (tertiary/aromatic N) is 1. The van der Waals surface area contributed by atoms with E-state index in [0.717, 1.165) is 16.5 Å². The van der Waals surface area contributed by atoms with Gasteiger partial charge in [0.25, 0.3) is 0 Å². The van der Waals surface area contributed by atoms with Crippen LogP contribution in [0.1, 0.15) is 19.4 Å². The van der Waals surface area contributed by atoms with Crippen molar-refractivity contribution in [1.29, 1.82) is 0 Å². The third kappa shape index (κ3) is 2.72. The van der Waals surface area contributed by atoms with Gasteiger partial charge in [-0.05, 0) is 18.6 Å². The summed E-state index contributed by atoms with van der Waals surface area (Å²) in [6, 6.07) is 3.79. The number of hydrogen-bond acceptors (Lipinski definition) is 4. The molecule has 0 aliphatic carbocycles. The Bertz CT molecular complexity index is 553. The van der Waals surface area contributed by atoms with Crippen LogP contribution in [0.3, 0.4) is 0 Å². The van der Waals surface area contributed by atoms with Crippen molar-refractivity contribution in [1.82, 2.24) is 4.98 Å². The van der Waals surface area contributed by atoms with Crippen LogP contribution in [0.5, 0.6) is 17.2 Å². The summed E-state index contributed by atoms with van der Waals surface area (Å²) in [7, 11) is 4.81. The van der Waals surface area contributed by atoms with Crippen LogP contribution >= 0.6 is 0 Å². The molecular formula is C15H21NO3. The van der Waals surface area contributed by atoms with E-state index < -0.39 is 0 Å². The van der Waals surface area contributed by atoms with Crippen molar-refractivity contribution in [2.45, 2.75) is 20.8 Å². The zero-order chi connectivity index (χ0) is 14.4. The maximum Gasteiger partial charge on any atom is 0.204 e. The van der Waals surface area contributed by atoms with E-state index in [4.69, 9.17) is 14.2 Å². The summed E-state index contributed by atoms with van der Waals surface area (Å²) < 4.78 is 16.1. The molecule has 0 unspecified atom stereocenters. The second-order valence-electron chi connectivity index (χ2n) is 3.67. The molecule has 2 aromatic rings. The molecule has 4 heteroatoms. The first-order chi connectivity index (χ1) is 9.22. The lowest BCUT2D eigenvalue weighted by atomic mass is 10.1. The Labute approximate surface area is 114 Å². The number of fused-ring (bicyclic) bond motifs is 1. The molecule has 0 N–H and O–H groups in total. The lowest BCUT2D eigenvalue weighted by Gasteiger charge is -2.15. The highest BCUT2D eigenvalue weighted by atomic mass is 16.5. The van der Waals surface area contributed by atoms with Crippen molar-refractivity contribution in [3.63, 3.8) is 0 Å². The molecule has 0 amide bonds.